The highest BCUT2D eigenvalue weighted by Gasteiger charge is 2.24. The van der Waals surface area contributed by atoms with E-state index in [1.807, 2.05) is 12.1 Å². The van der Waals surface area contributed by atoms with Gasteiger partial charge in [-0.3, -0.25) is 4.79 Å². The van der Waals surface area contributed by atoms with Crippen LogP contribution in [-0.4, -0.2) is 32.6 Å². The van der Waals surface area contributed by atoms with Crippen LogP contribution in [0.4, 0.5) is 5.69 Å². The van der Waals surface area contributed by atoms with Crippen LogP contribution in [0.2, 0.25) is 0 Å². The Morgan fingerprint density at radius 3 is 2.96 bits per heavy atom. The minimum Gasteiger partial charge on any atom is -0.508 e. The van der Waals surface area contributed by atoms with E-state index in [0.717, 1.165) is 36.0 Å². The Morgan fingerprint density at radius 1 is 1.24 bits per heavy atom. The molecule has 6 heteroatoms. The third-order valence-electron chi connectivity index (χ3n) is 4.62. The first-order valence-corrected chi connectivity index (χ1v) is 8.39. The second kappa shape index (κ2) is 6.22. The van der Waals surface area contributed by atoms with Gasteiger partial charge in [-0.15, -0.1) is 0 Å². The number of amides is 1. The maximum atomic E-state index is 13.3. The van der Waals surface area contributed by atoms with Crippen LogP contribution in [0, 0.1) is 0 Å². The molecule has 1 amide bonds. The largest absolute Gasteiger partial charge is 0.508 e. The molecule has 0 radical (unpaired) electrons. The lowest BCUT2D eigenvalue weighted by Crippen LogP contribution is -2.31. The number of aromatic nitrogens is 2. The van der Waals surface area contributed by atoms with Gasteiger partial charge >= 0.3 is 0 Å². The molecule has 128 valence electrons. The molecule has 0 unspecified atom stereocenters. The van der Waals surface area contributed by atoms with Gasteiger partial charge in [0.15, 0.2) is 0 Å². The standard InChI is InChI=1S/C19H19N3O3/c23-11-17-20-15-6-3-5-14(18(15)21-17)19(25)22-9-2-1-4-12-10-13(24)7-8-16(12)22/h3,5-8,10,23-24H,1-2,4,9,11H2,(H,20,21). The lowest BCUT2D eigenvalue weighted by molar-refractivity contribution is 0.0988. The molecule has 2 aromatic carbocycles. The molecule has 1 aromatic heterocycles. The number of aryl methyl sites for hydroxylation is 1. The van der Waals surface area contributed by atoms with Crippen molar-refractivity contribution in [3.63, 3.8) is 0 Å². The smallest absolute Gasteiger partial charge is 0.260 e. The second-order valence-electron chi connectivity index (χ2n) is 6.27. The number of nitrogens with one attached hydrogen (secondary N) is 1. The first-order valence-electron chi connectivity index (χ1n) is 8.39. The quantitative estimate of drug-likeness (QED) is 0.671. The van der Waals surface area contributed by atoms with E-state index in [4.69, 9.17) is 0 Å². The lowest BCUT2D eigenvalue weighted by atomic mass is 10.1. The lowest BCUT2D eigenvalue weighted by Gasteiger charge is -2.23. The number of fused-ring (bicyclic) bond motifs is 2. The Kier molecular flexibility index (Phi) is 3.89. The summed E-state index contributed by atoms with van der Waals surface area (Å²) < 4.78 is 0. The van der Waals surface area contributed by atoms with Gasteiger partial charge in [0.25, 0.3) is 5.91 Å². The van der Waals surface area contributed by atoms with Crippen molar-refractivity contribution >= 4 is 22.6 Å². The maximum absolute atomic E-state index is 13.3. The highest BCUT2D eigenvalue weighted by atomic mass is 16.3. The average molecular weight is 337 g/mol. The molecule has 1 aliphatic rings. The first kappa shape index (κ1) is 15.7. The number of aliphatic hydroxyl groups excluding tert-OH is 1. The number of anilines is 1. The number of rotatable bonds is 2. The van der Waals surface area contributed by atoms with E-state index in [1.54, 1.807) is 29.2 Å². The van der Waals surface area contributed by atoms with E-state index in [-0.39, 0.29) is 18.3 Å². The number of hydrogen-bond acceptors (Lipinski definition) is 4. The van der Waals surface area contributed by atoms with E-state index in [1.165, 1.54) is 0 Å². The Hall–Kier alpha value is -2.86. The number of aliphatic hydroxyl groups is 1. The zero-order valence-electron chi connectivity index (χ0n) is 13.7. The summed E-state index contributed by atoms with van der Waals surface area (Å²) in [5.41, 5.74) is 3.64. The van der Waals surface area contributed by atoms with Crippen molar-refractivity contribution in [2.45, 2.75) is 25.9 Å². The number of para-hydroxylation sites is 1. The number of benzene rings is 2. The molecule has 0 fully saturated rings. The summed E-state index contributed by atoms with van der Waals surface area (Å²) in [7, 11) is 0. The summed E-state index contributed by atoms with van der Waals surface area (Å²) in [5.74, 6) is 0.543. The summed E-state index contributed by atoms with van der Waals surface area (Å²) in [6.07, 6.45) is 2.72. The highest BCUT2D eigenvalue weighted by molar-refractivity contribution is 6.13. The maximum Gasteiger partial charge on any atom is 0.260 e. The zero-order valence-corrected chi connectivity index (χ0v) is 13.7. The number of H-pyrrole nitrogens is 1. The summed E-state index contributed by atoms with van der Waals surface area (Å²) in [4.78, 5) is 22.4. The molecule has 25 heavy (non-hydrogen) atoms. The van der Waals surface area contributed by atoms with Gasteiger partial charge in [0.2, 0.25) is 0 Å². The Morgan fingerprint density at radius 2 is 2.12 bits per heavy atom. The summed E-state index contributed by atoms with van der Waals surface area (Å²) >= 11 is 0. The summed E-state index contributed by atoms with van der Waals surface area (Å²) in [6, 6.07) is 10.6. The van der Waals surface area contributed by atoms with E-state index in [2.05, 4.69) is 9.97 Å². The number of phenols is 1. The van der Waals surface area contributed by atoms with Gasteiger partial charge in [-0.05, 0) is 55.2 Å². The minimum atomic E-state index is -0.200. The fourth-order valence-electron chi connectivity index (χ4n) is 3.43. The predicted molar refractivity (Wildman–Crippen MR) is 94.7 cm³/mol. The summed E-state index contributed by atoms with van der Waals surface area (Å²) in [5, 5.41) is 19.0. The van der Waals surface area contributed by atoms with Crippen LogP contribution in [-0.2, 0) is 13.0 Å². The zero-order chi connectivity index (χ0) is 17.4. The Labute approximate surface area is 144 Å². The third kappa shape index (κ3) is 2.74. The van der Waals surface area contributed by atoms with Gasteiger partial charge < -0.3 is 20.1 Å². The minimum absolute atomic E-state index is 0.115. The molecular weight excluding hydrogens is 318 g/mol. The van der Waals surface area contributed by atoms with E-state index in [9.17, 15) is 15.0 Å². The molecule has 6 nitrogen and oxygen atoms in total. The van der Waals surface area contributed by atoms with Gasteiger partial charge in [0, 0.05) is 12.2 Å². The van der Waals surface area contributed by atoms with Crippen molar-refractivity contribution in [1.82, 2.24) is 9.97 Å². The van der Waals surface area contributed by atoms with Crippen LogP contribution in [0.5, 0.6) is 5.75 Å². The van der Waals surface area contributed by atoms with Gasteiger partial charge in [0.05, 0.1) is 11.1 Å². The topological polar surface area (TPSA) is 89.5 Å². The first-order chi connectivity index (χ1) is 12.2. The van der Waals surface area contributed by atoms with Crippen molar-refractivity contribution in [3.05, 3.63) is 53.3 Å². The fraction of sp³-hybridized carbons (Fsp3) is 0.263. The van der Waals surface area contributed by atoms with Crippen molar-refractivity contribution in [1.29, 1.82) is 0 Å². The normalized spacial score (nSPS) is 14.4. The molecule has 1 aliphatic heterocycles. The van der Waals surface area contributed by atoms with Crippen LogP contribution in [0.25, 0.3) is 11.0 Å². The van der Waals surface area contributed by atoms with Gasteiger partial charge in [0.1, 0.15) is 23.7 Å². The van der Waals surface area contributed by atoms with Crippen molar-refractivity contribution in [3.8, 4) is 5.75 Å². The van der Waals surface area contributed by atoms with E-state index in [0.29, 0.717) is 23.4 Å². The molecule has 2 heterocycles. The molecule has 0 saturated carbocycles. The van der Waals surface area contributed by atoms with Gasteiger partial charge in [-0.2, -0.15) is 0 Å². The number of nitrogens with zero attached hydrogens (tertiary/aromatic N) is 2. The SMILES string of the molecule is O=C(c1cccc2[nH]c(CO)nc12)N1CCCCc2cc(O)ccc21. The number of phenolic OH excluding ortho intramolecular Hbond substituents is 1. The number of hydrogen-bond donors (Lipinski definition) is 3. The molecule has 0 spiro atoms. The molecule has 0 aliphatic carbocycles. The van der Waals surface area contributed by atoms with Crippen molar-refractivity contribution in [2.75, 3.05) is 11.4 Å². The van der Waals surface area contributed by atoms with Crippen LogP contribution < -0.4 is 4.90 Å². The number of aromatic hydroxyl groups is 1. The molecule has 0 atom stereocenters. The van der Waals surface area contributed by atoms with Crippen molar-refractivity contribution in [2.24, 2.45) is 0 Å². The third-order valence-corrected chi connectivity index (χ3v) is 4.62. The molecule has 0 saturated heterocycles. The highest BCUT2D eigenvalue weighted by Crippen LogP contribution is 2.31. The predicted octanol–water partition coefficient (Wildman–Crippen LogP) is 2.74. The van der Waals surface area contributed by atoms with Gasteiger partial charge in [-0.1, -0.05) is 6.07 Å². The number of carbonyl (C=O) groups excluding carboxylic acids is 1. The van der Waals surface area contributed by atoms with Crippen LogP contribution in [0.15, 0.2) is 36.4 Å². The van der Waals surface area contributed by atoms with Crippen LogP contribution in [0.1, 0.15) is 34.6 Å². The Balaban J connectivity index is 1.80. The molecule has 4 rings (SSSR count). The summed E-state index contributed by atoms with van der Waals surface area (Å²) in [6.45, 7) is 0.429. The number of carbonyl (C=O) groups is 1. The Bertz CT molecular complexity index is 948. The molecular formula is C19H19N3O3. The fourth-order valence-corrected chi connectivity index (χ4v) is 3.43. The number of imidazole rings is 1. The van der Waals surface area contributed by atoms with E-state index < -0.39 is 0 Å². The molecule has 3 aromatic rings. The van der Waals surface area contributed by atoms with Gasteiger partial charge in [-0.25, -0.2) is 4.98 Å². The van der Waals surface area contributed by atoms with Crippen LogP contribution in [0.3, 0.4) is 0 Å². The molecule has 3 N–H and O–H groups in total. The average Bonchev–Trinajstić information content (AvgIpc) is 2.94. The monoisotopic (exact) mass is 337 g/mol. The van der Waals surface area contributed by atoms with Crippen LogP contribution >= 0.6 is 0 Å². The number of aromatic amines is 1. The molecule has 0 bridgehead atoms. The van der Waals surface area contributed by atoms with E-state index >= 15 is 0 Å². The van der Waals surface area contributed by atoms with Crippen molar-refractivity contribution < 1.29 is 15.0 Å². The second-order valence-corrected chi connectivity index (χ2v) is 6.27.